The minimum absolute atomic E-state index is 0. The molecule has 2 rings (SSSR count). The van der Waals surface area contributed by atoms with Gasteiger partial charge in [0.15, 0.2) is 0 Å². The normalized spacial score (nSPS) is 21.3. The summed E-state index contributed by atoms with van der Waals surface area (Å²) in [6, 6.07) is 8.45. The molecule has 0 saturated heterocycles. The number of thioether (sulfide) groups is 1. The standard InChI is InChI=1S/C15H22N2OS.ClH/c1-11-5-2-3-8-14(11)19-10-15(18)17-13-7-4-6-12(13)9-16;/h2-3,5,8,12-13H,4,6-7,9-10,16H2,1H3,(H,17,18);1H. The Bertz CT molecular complexity index is 442. The summed E-state index contributed by atoms with van der Waals surface area (Å²) in [5.74, 6) is 1.07. The highest BCUT2D eigenvalue weighted by molar-refractivity contribution is 8.00. The number of carbonyl (C=O) groups excluding carboxylic acids is 1. The Balaban J connectivity index is 0.00000200. The third kappa shape index (κ3) is 4.69. The molecule has 1 aliphatic carbocycles. The zero-order valence-electron chi connectivity index (χ0n) is 11.8. The molecule has 3 nitrogen and oxygen atoms in total. The van der Waals surface area contributed by atoms with Crippen molar-refractivity contribution in [2.24, 2.45) is 11.7 Å². The SMILES string of the molecule is Cc1ccccc1SCC(=O)NC1CCCC1CN.Cl. The van der Waals surface area contributed by atoms with Gasteiger partial charge in [-0.2, -0.15) is 0 Å². The maximum Gasteiger partial charge on any atom is 0.230 e. The molecule has 1 amide bonds. The number of nitrogens with two attached hydrogens (primary N) is 1. The highest BCUT2D eigenvalue weighted by Gasteiger charge is 2.27. The molecule has 0 heterocycles. The summed E-state index contributed by atoms with van der Waals surface area (Å²) in [5.41, 5.74) is 6.95. The maximum atomic E-state index is 12.0. The van der Waals surface area contributed by atoms with Crippen molar-refractivity contribution in [1.82, 2.24) is 5.32 Å². The van der Waals surface area contributed by atoms with Crippen LogP contribution in [0, 0.1) is 12.8 Å². The molecule has 3 N–H and O–H groups in total. The number of benzene rings is 1. The van der Waals surface area contributed by atoms with E-state index >= 15 is 0 Å². The van der Waals surface area contributed by atoms with Gasteiger partial charge >= 0.3 is 0 Å². The first-order valence-electron chi connectivity index (χ1n) is 6.88. The van der Waals surface area contributed by atoms with E-state index in [2.05, 4.69) is 24.4 Å². The number of rotatable bonds is 5. The first-order chi connectivity index (χ1) is 9.20. The molecule has 0 aliphatic heterocycles. The number of nitrogens with one attached hydrogen (secondary N) is 1. The fourth-order valence-corrected chi connectivity index (χ4v) is 3.46. The Hall–Kier alpha value is -0.710. The predicted octanol–water partition coefficient (Wildman–Crippen LogP) is 2.75. The van der Waals surface area contributed by atoms with Crippen molar-refractivity contribution in [3.8, 4) is 0 Å². The first-order valence-corrected chi connectivity index (χ1v) is 7.87. The second kappa shape index (κ2) is 8.55. The fraction of sp³-hybridized carbons (Fsp3) is 0.533. The zero-order valence-corrected chi connectivity index (χ0v) is 13.4. The van der Waals surface area contributed by atoms with E-state index in [0.717, 1.165) is 12.8 Å². The Morgan fingerprint density at radius 3 is 2.85 bits per heavy atom. The molecular formula is C15H23ClN2OS. The van der Waals surface area contributed by atoms with E-state index in [0.29, 0.717) is 18.2 Å². The van der Waals surface area contributed by atoms with Crippen molar-refractivity contribution in [2.45, 2.75) is 37.1 Å². The molecule has 20 heavy (non-hydrogen) atoms. The van der Waals surface area contributed by atoms with E-state index < -0.39 is 0 Å². The maximum absolute atomic E-state index is 12.0. The molecule has 0 bridgehead atoms. The van der Waals surface area contributed by atoms with Gasteiger partial charge in [0.25, 0.3) is 0 Å². The van der Waals surface area contributed by atoms with Crippen molar-refractivity contribution >= 4 is 30.1 Å². The number of hydrogen-bond donors (Lipinski definition) is 2. The number of hydrogen-bond acceptors (Lipinski definition) is 3. The first kappa shape index (κ1) is 17.3. The van der Waals surface area contributed by atoms with Gasteiger partial charge in [-0.25, -0.2) is 0 Å². The second-order valence-corrected chi connectivity index (χ2v) is 6.17. The molecule has 1 aromatic rings. The molecule has 2 unspecified atom stereocenters. The van der Waals surface area contributed by atoms with E-state index in [9.17, 15) is 4.79 Å². The highest BCUT2D eigenvalue weighted by Crippen LogP contribution is 2.25. The molecular weight excluding hydrogens is 292 g/mol. The zero-order chi connectivity index (χ0) is 13.7. The average Bonchev–Trinajstić information content (AvgIpc) is 2.85. The monoisotopic (exact) mass is 314 g/mol. The molecule has 0 aromatic heterocycles. The minimum atomic E-state index is 0. The van der Waals surface area contributed by atoms with Gasteiger partial charge < -0.3 is 11.1 Å². The van der Waals surface area contributed by atoms with E-state index in [-0.39, 0.29) is 24.4 Å². The lowest BCUT2D eigenvalue weighted by Crippen LogP contribution is -2.40. The third-order valence-electron chi connectivity index (χ3n) is 3.76. The summed E-state index contributed by atoms with van der Waals surface area (Å²) in [7, 11) is 0. The van der Waals surface area contributed by atoms with Crippen molar-refractivity contribution in [3.63, 3.8) is 0 Å². The molecule has 0 radical (unpaired) electrons. The van der Waals surface area contributed by atoms with Crippen molar-refractivity contribution < 1.29 is 4.79 Å². The lowest BCUT2D eigenvalue weighted by atomic mass is 10.0. The van der Waals surface area contributed by atoms with Crippen molar-refractivity contribution in [3.05, 3.63) is 29.8 Å². The van der Waals surface area contributed by atoms with Gasteiger partial charge in [-0.15, -0.1) is 24.2 Å². The van der Waals surface area contributed by atoms with Crippen LogP contribution in [-0.2, 0) is 4.79 Å². The lowest BCUT2D eigenvalue weighted by Gasteiger charge is -2.19. The Kier molecular flexibility index (Phi) is 7.41. The summed E-state index contributed by atoms with van der Waals surface area (Å²) < 4.78 is 0. The van der Waals surface area contributed by atoms with Gasteiger partial charge in [0, 0.05) is 10.9 Å². The van der Waals surface area contributed by atoms with Crippen LogP contribution in [-0.4, -0.2) is 24.2 Å². The summed E-state index contributed by atoms with van der Waals surface area (Å²) in [4.78, 5) is 13.2. The van der Waals surface area contributed by atoms with Crippen LogP contribution in [0.2, 0.25) is 0 Å². The molecule has 5 heteroatoms. The van der Waals surface area contributed by atoms with Gasteiger partial charge in [0.1, 0.15) is 0 Å². The quantitative estimate of drug-likeness (QED) is 0.822. The summed E-state index contributed by atoms with van der Waals surface area (Å²) in [5, 5.41) is 3.13. The molecule has 1 fully saturated rings. The number of carbonyl (C=O) groups is 1. The van der Waals surface area contributed by atoms with Crippen LogP contribution in [0.15, 0.2) is 29.2 Å². The Morgan fingerprint density at radius 1 is 1.40 bits per heavy atom. The van der Waals surface area contributed by atoms with Crippen LogP contribution in [0.1, 0.15) is 24.8 Å². The number of halogens is 1. The summed E-state index contributed by atoms with van der Waals surface area (Å²) in [6.07, 6.45) is 3.40. The molecule has 1 aromatic carbocycles. The minimum Gasteiger partial charge on any atom is -0.352 e. The number of aryl methyl sites for hydroxylation is 1. The Labute approximate surface area is 131 Å². The summed E-state index contributed by atoms with van der Waals surface area (Å²) in [6.45, 7) is 2.75. The van der Waals surface area contributed by atoms with Crippen LogP contribution in [0.5, 0.6) is 0 Å². The van der Waals surface area contributed by atoms with Gasteiger partial charge in [-0.3, -0.25) is 4.79 Å². The van der Waals surface area contributed by atoms with Crippen molar-refractivity contribution in [2.75, 3.05) is 12.3 Å². The molecule has 1 saturated carbocycles. The van der Waals surface area contributed by atoms with Crippen LogP contribution in [0.3, 0.4) is 0 Å². The van der Waals surface area contributed by atoms with Crippen LogP contribution >= 0.6 is 24.2 Å². The average molecular weight is 315 g/mol. The van der Waals surface area contributed by atoms with Gasteiger partial charge in [0.2, 0.25) is 5.91 Å². The Morgan fingerprint density at radius 2 is 2.15 bits per heavy atom. The van der Waals surface area contributed by atoms with Gasteiger partial charge in [0.05, 0.1) is 5.75 Å². The molecule has 112 valence electrons. The van der Waals surface area contributed by atoms with Crippen LogP contribution in [0.25, 0.3) is 0 Å². The highest BCUT2D eigenvalue weighted by atomic mass is 35.5. The predicted molar refractivity (Wildman–Crippen MR) is 87.5 cm³/mol. The number of amides is 1. The van der Waals surface area contributed by atoms with Gasteiger partial charge in [-0.05, 0) is 43.9 Å². The third-order valence-corrected chi connectivity index (χ3v) is 4.94. The largest absolute Gasteiger partial charge is 0.352 e. The molecule has 1 aliphatic rings. The fourth-order valence-electron chi connectivity index (χ4n) is 2.62. The van der Waals surface area contributed by atoms with Crippen LogP contribution in [0.4, 0.5) is 0 Å². The van der Waals surface area contributed by atoms with Gasteiger partial charge in [-0.1, -0.05) is 24.6 Å². The van der Waals surface area contributed by atoms with E-state index in [4.69, 9.17) is 5.73 Å². The smallest absolute Gasteiger partial charge is 0.230 e. The van der Waals surface area contributed by atoms with E-state index in [1.165, 1.54) is 16.9 Å². The van der Waals surface area contributed by atoms with Crippen LogP contribution < -0.4 is 11.1 Å². The lowest BCUT2D eigenvalue weighted by molar-refractivity contribution is -0.119. The second-order valence-electron chi connectivity index (χ2n) is 5.15. The summed E-state index contributed by atoms with van der Waals surface area (Å²) >= 11 is 1.60. The topological polar surface area (TPSA) is 55.1 Å². The van der Waals surface area contributed by atoms with Crippen molar-refractivity contribution in [1.29, 1.82) is 0 Å². The molecule has 0 spiro atoms. The van der Waals surface area contributed by atoms with E-state index in [1.807, 2.05) is 12.1 Å². The molecule has 2 atom stereocenters. The van der Waals surface area contributed by atoms with E-state index in [1.54, 1.807) is 11.8 Å².